The van der Waals surface area contributed by atoms with Crippen LogP contribution in [0.2, 0.25) is 0 Å². The van der Waals surface area contributed by atoms with Gasteiger partial charge in [-0.2, -0.15) is 0 Å². The number of rotatable bonds is 3. The summed E-state index contributed by atoms with van der Waals surface area (Å²) in [5.41, 5.74) is 8.25. The number of carbonyl (C=O) groups is 1. The van der Waals surface area contributed by atoms with Crippen LogP contribution in [0, 0.1) is 5.92 Å². The Bertz CT molecular complexity index is 480. The molecule has 5 nitrogen and oxygen atoms in total. The molecule has 0 saturated carbocycles. The molecule has 1 heterocycles. The van der Waals surface area contributed by atoms with Crippen LogP contribution < -0.4 is 16.0 Å². The first-order valence-electron chi connectivity index (χ1n) is 7.07. The molecule has 1 aliphatic heterocycles. The Hall–Kier alpha value is -1.75. The van der Waals surface area contributed by atoms with E-state index in [2.05, 4.69) is 10.2 Å². The number of nitrogens with one attached hydrogen (secondary N) is 1. The average molecular weight is 277 g/mol. The Labute approximate surface area is 119 Å². The topological polar surface area (TPSA) is 78.6 Å². The average Bonchev–Trinajstić information content (AvgIpc) is 2.47. The van der Waals surface area contributed by atoms with Gasteiger partial charge in [0.15, 0.2) is 0 Å². The van der Waals surface area contributed by atoms with Gasteiger partial charge in [0.05, 0.1) is 17.5 Å². The first-order valence-corrected chi connectivity index (χ1v) is 7.07. The number of carbonyl (C=O) groups excluding carboxylic acids is 1. The van der Waals surface area contributed by atoms with E-state index < -0.39 is 0 Å². The van der Waals surface area contributed by atoms with Gasteiger partial charge in [-0.1, -0.05) is 0 Å². The monoisotopic (exact) mass is 277 g/mol. The standard InChI is InChI=1S/C15H23N3O2/c1-10(19)11-5-7-18(8-6-11)14-9-12(15(20)17-2)3-4-13(14)16/h3-4,9-11,19H,5-8,16H2,1-2H3,(H,17,20). The third-order valence-electron chi connectivity index (χ3n) is 4.08. The molecule has 110 valence electrons. The molecule has 0 radical (unpaired) electrons. The zero-order chi connectivity index (χ0) is 14.7. The van der Waals surface area contributed by atoms with Crippen LogP contribution in [0.15, 0.2) is 18.2 Å². The SMILES string of the molecule is CNC(=O)c1ccc(N)c(N2CCC(C(C)O)CC2)c1. The molecule has 1 aliphatic rings. The number of piperidine rings is 1. The molecule has 1 aromatic rings. The van der Waals surface area contributed by atoms with Gasteiger partial charge in [0, 0.05) is 25.7 Å². The minimum absolute atomic E-state index is 0.106. The molecule has 0 bridgehead atoms. The van der Waals surface area contributed by atoms with Crippen molar-refractivity contribution < 1.29 is 9.90 Å². The van der Waals surface area contributed by atoms with Gasteiger partial charge in [0.2, 0.25) is 0 Å². The number of aliphatic hydroxyl groups excluding tert-OH is 1. The van der Waals surface area contributed by atoms with Gasteiger partial charge in [0.25, 0.3) is 5.91 Å². The first-order chi connectivity index (χ1) is 9.52. The van der Waals surface area contributed by atoms with Gasteiger partial charge in [-0.3, -0.25) is 4.79 Å². The fourth-order valence-corrected chi connectivity index (χ4v) is 2.73. The fraction of sp³-hybridized carbons (Fsp3) is 0.533. The van der Waals surface area contributed by atoms with Crippen molar-refractivity contribution in [2.75, 3.05) is 30.8 Å². The third kappa shape index (κ3) is 3.04. The Morgan fingerprint density at radius 1 is 1.45 bits per heavy atom. The number of nitrogen functional groups attached to an aromatic ring is 1. The summed E-state index contributed by atoms with van der Waals surface area (Å²) < 4.78 is 0. The van der Waals surface area contributed by atoms with Crippen LogP contribution in [0.25, 0.3) is 0 Å². The second kappa shape index (κ2) is 6.13. The van der Waals surface area contributed by atoms with E-state index >= 15 is 0 Å². The minimum atomic E-state index is -0.258. The largest absolute Gasteiger partial charge is 0.397 e. The lowest BCUT2D eigenvalue weighted by atomic mass is 9.92. The lowest BCUT2D eigenvalue weighted by molar-refractivity contribution is 0.0963. The highest BCUT2D eigenvalue weighted by molar-refractivity contribution is 5.96. The van der Waals surface area contributed by atoms with Crippen LogP contribution in [0.3, 0.4) is 0 Å². The maximum absolute atomic E-state index is 11.7. The van der Waals surface area contributed by atoms with Gasteiger partial charge in [-0.15, -0.1) is 0 Å². The summed E-state index contributed by atoms with van der Waals surface area (Å²) in [5, 5.41) is 12.3. The van der Waals surface area contributed by atoms with Gasteiger partial charge >= 0.3 is 0 Å². The first kappa shape index (κ1) is 14.7. The number of nitrogens with zero attached hydrogens (tertiary/aromatic N) is 1. The molecule has 2 rings (SSSR count). The second-order valence-electron chi connectivity index (χ2n) is 5.42. The molecule has 0 aromatic heterocycles. The predicted octanol–water partition coefficient (Wildman–Crippen LogP) is 1.23. The van der Waals surface area contributed by atoms with Crippen molar-refractivity contribution in [1.29, 1.82) is 0 Å². The summed E-state index contributed by atoms with van der Waals surface area (Å²) in [6.07, 6.45) is 1.63. The fourth-order valence-electron chi connectivity index (χ4n) is 2.73. The molecule has 5 heteroatoms. The molecule has 1 fully saturated rings. The lowest BCUT2D eigenvalue weighted by Crippen LogP contribution is -2.37. The molecule has 20 heavy (non-hydrogen) atoms. The number of benzene rings is 1. The number of amides is 1. The van der Waals surface area contributed by atoms with E-state index in [1.54, 1.807) is 19.2 Å². The predicted molar refractivity (Wildman–Crippen MR) is 80.9 cm³/mol. The van der Waals surface area contributed by atoms with Crippen LogP contribution in [0.1, 0.15) is 30.1 Å². The second-order valence-corrected chi connectivity index (χ2v) is 5.42. The van der Waals surface area contributed by atoms with Gasteiger partial charge in [0.1, 0.15) is 0 Å². The van der Waals surface area contributed by atoms with Crippen LogP contribution in [-0.4, -0.2) is 37.3 Å². The van der Waals surface area contributed by atoms with Crippen molar-refractivity contribution in [3.63, 3.8) is 0 Å². The van der Waals surface area contributed by atoms with Crippen molar-refractivity contribution >= 4 is 17.3 Å². The van der Waals surface area contributed by atoms with E-state index in [1.807, 2.05) is 13.0 Å². The maximum Gasteiger partial charge on any atom is 0.251 e. The van der Waals surface area contributed by atoms with E-state index in [-0.39, 0.29) is 12.0 Å². The third-order valence-corrected chi connectivity index (χ3v) is 4.08. The normalized spacial score (nSPS) is 17.9. The Morgan fingerprint density at radius 2 is 2.10 bits per heavy atom. The van der Waals surface area contributed by atoms with Crippen LogP contribution in [0.4, 0.5) is 11.4 Å². The minimum Gasteiger partial charge on any atom is -0.397 e. The van der Waals surface area contributed by atoms with Crippen molar-refractivity contribution in [3.05, 3.63) is 23.8 Å². The highest BCUT2D eigenvalue weighted by Gasteiger charge is 2.24. The van der Waals surface area contributed by atoms with Crippen molar-refractivity contribution in [2.45, 2.75) is 25.9 Å². The van der Waals surface area contributed by atoms with E-state index in [9.17, 15) is 9.90 Å². The Morgan fingerprint density at radius 3 is 2.65 bits per heavy atom. The Kier molecular flexibility index (Phi) is 4.49. The zero-order valence-electron chi connectivity index (χ0n) is 12.1. The number of nitrogens with two attached hydrogens (primary N) is 1. The van der Waals surface area contributed by atoms with E-state index in [0.717, 1.165) is 31.6 Å². The molecule has 1 amide bonds. The summed E-state index contributed by atoms with van der Waals surface area (Å²) in [5.74, 6) is 0.250. The molecule has 1 saturated heterocycles. The van der Waals surface area contributed by atoms with Crippen molar-refractivity contribution in [1.82, 2.24) is 5.32 Å². The maximum atomic E-state index is 11.7. The molecule has 1 atom stereocenters. The number of anilines is 2. The number of hydrogen-bond acceptors (Lipinski definition) is 4. The highest BCUT2D eigenvalue weighted by Crippen LogP contribution is 2.30. The number of aliphatic hydroxyl groups is 1. The van der Waals surface area contributed by atoms with Crippen LogP contribution >= 0.6 is 0 Å². The number of hydrogen-bond donors (Lipinski definition) is 3. The van der Waals surface area contributed by atoms with Crippen molar-refractivity contribution in [2.24, 2.45) is 5.92 Å². The Balaban J connectivity index is 2.15. The zero-order valence-corrected chi connectivity index (χ0v) is 12.1. The van der Waals surface area contributed by atoms with E-state index in [1.165, 1.54) is 0 Å². The highest BCUT2D eigenvalue weighted by atomic mass is 16.3. The summed E-state index contributed by atoms with van der Waals surface area (Å²) in [6.45, 7) is 3.56. The van der Waals surface area contributed by atoms with Gasteiger partial charge in [-0.25, -0.2) is 0 Å². The molecule has 4 N–H and O–H groups in total. The van der Waals surface area contributed by atoms with E-state index in [4.69, 9.17) is 5.73 Å². The van der Waals surface area contributed by atoms with Gasteiger partial charge in [-0.05, 0) is 43.9 Å². The summed E-state index contributed by atoms with van der Waals surface area (Å²) >= 11 is 0. The summed E-state index contributed by atoms with van der Waals surface area (Å²) in [6, 6.07) is 5.36. The van der Waals surface area contributed by atoms with Crippen LogP contribution in [0.5, 0.6) is 0 Å². The molecule has 1 aromatic carbocycles. The lowest BCUT2D eigenvalue weighted by Gasteiger charge is -2.35. The van der Waals surface area contributed by atoms with Crippen molar-refractivity contribution in [3.8, 4) is 0 Å². The van der Waals surface area contributed by atoms with Gasteiger partial charge < -0.3 is 21.1 Å². The molecule has 0 spiro atoms. The summed E-state index contributed by atoms with van der Waals surface area (Å²) in [4.78, 5) is 13.9. The molecule has 1 unspecified atom stereocenters. The molecular weight excluding hydrogens is 254 g/mol. The summed E-state index contributed by atoms with van der Waals surface area (Å²) in [7, 11) is 1.62. The van der Waals surface area contributed by atoms with E-state index in [0.29, 0.717) is 17.2 Å². The quantitative estimate of drug-likeness (QED) is 0.726. The smallest absolute Gasteiger partial charge is 0.251 e. The molecular formula is C15H23N3O2. The molecule has 0 aliphatic carbocycles. The van der Waals surface area contributed by atoms with Crippen LogP contribution in [-0.2, 0) is 0 Å².